The molecule has 1 N–H and O–H groups in total. The van der Waals surface area contributed by atoms with Crippen molar-refractivity contribution >= 4 is 11.7 Å². The first-order valence-corrected chi connectivity index (χ1v) is 5.76. The molecule has 1 amide bonds. The van der Waals surface area contributed by atoms with E-state index in [1.165, 1.54) is 0 Å². The van der Waals surface area contributed by atoms with Crippen LogP contribution < -0.4 is 5.32 Å². The van der Waals surface area contributed by atoms with Gasteiger partial charge in [-0.15, -0.1) is 0 Å². The van der Waals surface area contributed by atoms with Crippen LogP contribution >= 0.6 is 0 Å². The van der Waals surface area contributed by atoms with Gasteiger partial charge in [0, 0.05) is 0 Å². The number of hydrogen-bond acceptors (Lipinski definition) is 4. The van der Waals surface area contributed by atoms with Gasteiger partial charge >= 0.3 is 0 Å². The Bertz CT molecular complexity index is 306. The third-order valence-corrected chi connectivity index (χ3v) is 3.42. The lowest BCUT2D eigenvalue weighted by Crippen LogP contribution is -2.62. The zero-order chi connectivity index (χ0) is 11.7. The second kappa shape index (κ2) is 4.51. The van der Waals surface area contributed by atoms with E-state index in [0.717, 1.165) is 12.8 Å². The van der Waals surface area contributed by atoms with Crippen LogP contribution in [-0.4, -0.2) is 48.6 Å². The second-order valence-electron chi connectivity index (χ2n) is 4.40. The SMILES string of the molecule is CNC1CCC2OCCC(C(C)=O)N2C1=O. The zero-order valence-corrected chi connectivity index (χ0v) is 9.73. The quantitative estimate of drug-likeness (QED) is 0.714. The molecule has 2 aliphatic rings. The summed E-state index contributed by atoms with van der Waals surface area (Å²) in [5, 5.41) is 2.99. The van der Waals surface area contributed by atoms with E-state index in [1.54, 1.807) is 18.9 Å². The number of hydrogen-bond donors (Lipinski definition) is 1. The molecule has 0 aromatic carbocycles. The molecule has 3 atom stereocenters. The fourth-order valence-electron chi connectivity index (χ4n) is 2.53. The van der Waals surface area contributed by atoms with Crippen molar-refractivity contribution in [1.29, 1.82) is 0 Å². The average molecular weight is 226 g/mol. The molecule has 2 fully saturated rings. The molecule has 0 spiro atoms. The van der Waals surface area contributed by atoms with Gasteiger partial charge in [-0.05, 0) is 33.2 Å². The van der Waals surface area contributed by atoms with Crippen molar-refractivity contribution in [2.45, 2.75) is 44.5 Å². The van der Waals surface area contributed by atoms with E-state index in [4.69, 9.17) is 4.74 Å². The number of Topliss-reactive ketones (excluding diaryl/α,β-unsaturated/α-hetero) is 1. The molecule has 0 aliphatic carbocycles. The van der Waals surface area contributed by atoms with E-state index in [0.29, 0.717) is 13.0 Å². The van der Waals surface area contributed by atoms with E-state index in [9.17, 15) is 9.59 Å². The summed E-state index contributed by atoms with van der Waals surface area (Å²) in [6, 6.07) is -0.456. The lowest BCUT2D eigenvalue weighted by Gasteiger charge is -2.45. The third kappa shape index (κ3) is 1.85. The number of fused-ring (bicyclic) bond motifs is 1. The topological polar surface area (TPSA) is 58.6 Å². The molecule has 3 unspecified atom stereocenters. The van der Waals surface area contributed by atoms with Crippen LogP contribution in [0.1, 0.15) is 26.2 Å². The Balaban J connectivity index is 2.20. The van der Waals surface area contributed by atoms with Crippen LogP contribution in [-0.2, 0) is 14.3 Å². The lowest BCUT2D eigenvalue weighted by molar-refractivity contribution is -0.178. The van der Waals surface area contributed by atoms with Crippen LogP contribution in [0.5, 0.6) is 0 Å². The van der Waals surface area contributed by atoms with Gasteiger partial charge < -0.3 is 15.0 Å². The molecule has 0 bridgehead atoms. The summed E-state index contributed by atoms with van der Waals surface area (Å²) in [7, 11) is 1.77. The van der Waals surface area contributed by atoms with Crippen molar-refractivity contribution in [2.24, 2.45) is 0 Å². The number of nitrogens with one attached hydrogen (secondary N) is 1. The number of piperidine rings is 1. The molecule has 2 rings (SSSR count). The number of carbonyl (C=O) groups excluding carboxylic acids is 2. The summed E-state index contributed by atoms with van der Waals surface area (Å²) in [6.07, 6.45) is 2.01. The van der Waals surface area contributed by atoms with Gasteiger partial charge in [0.05, 0.1) is 18.7 Å². The van der Waals surface area contributed by atoms with Crippen molar-refractivity contribution in [3.63, 3.8) is 0 Å². The van der Waals surface area contributed by atoms with Crippen molar-refractivity contribution < 1.29 is 14.3 Å². The Kier molecular flexibility index (Phi) is 3.25. The number of ether oxygens (including phenoxy) is 1. The summed E-state index contributed by atoms with van der Waals surface area (Å²) < 4.78 is 5.55. The number of nitrogens with zero attached hydrogens (tertiary/aromatic N) is 1. The molecule has 2 saturated heterocycles. The summed E-state index contributed by atoms with van der Waals surface area (Å²) in [4.78, 5) is 25.3. The van der Waals surface area contributed by atoms with Gasteiger partial charge in [-0.25, -0.2) is 0 Å². The Morgan fingerprint density at radius 1 is 1.44 bits per heavy atom. The molecule has 16 heavy (non-hydrogen) atoms. The monoisotopic (exact) mass is 226 g/mol. The van der Waals surface area contributed by atoms with Crippen LogP contribution in [0.2, 0.25) is 0 Å². The van der Waals surface area contributed by atoms with Crippen LogP contribution in [0.3, 0.4) is 0 Å². The van der Waals surface area contributed by atoms with E-state index < -0.39 is 0 Å². The van der Waals surface area contributed by atoms with Crippen LogP contribution in [0.15, 0.2) is 0 Å². The first-order valence-electron chi connectivity index (χ1n) is 5.76. The van der Waals surface area contributed by atoms with Gasteiger partial charge in [0.25, 0.3) is 0 Å². The highest BCUT2D eigenvalue weighted by molar-refractivity contribution is 5.90. The number of ketones is 1. The normalized spacial score (nSPS) is 34.8. The van der Waals surface area contributed by atoms with Gasteiger partial charge in [-0.2, -0.15) is 0 Å². The molecular formula is C11H18N2O3. The van der Waals surface area contributed by atoms with Crippen molar-refractivity contribution in [3.8, 4) is 0 Å². The second-order valence-corrected chi connectivity index (χ2v) is 4.40. The fourth-order valence-corrected chi connectivity index (χ4v) is 2.53. The van der Waals surface area contributed by atoms with Crippen molar-refractivity contribution in [3.05, 3.63) is 0 Å². The maximum atomic E-state index is 12.1. The smallest absolute Gasteiger partial charge is 0.242 e. The summed E-state index contributed by atoms with van der Waals surface area (Å²) >= 11 is 0. The molecule has 90 valence electrons. The molecule has 5 nitrogen and oxygen atoms in total. The molecule has 2 heterocycles. The predicted molar refractivity (Wildman–Crippen MR) is 57.8 cm³/mol. The highest BCUT2D eigenvalue weighted by Crippen LogP contribution is 2.27. The van der Waals surface area contributed by atoms with Gasteiger partial charge in [-0.1, -0.05) is 0 Å². The minimum atomic E-state index is -0.289. The number of likely N-dealkylation sites (N-methyl/N-ethyl adjacent to an activating group) is 1. The minimum Gasteiger partial charge on any atom is -0.358 e. The molecule has 5 heteroatoms. The van der Waals surface area contributed by atoms with Gasteiger partial charge in [0.15, 0.2) is 5.78 Å². The molecular weight excluding hydrogens is 208 g/mol. The highest BCUT2D eigenvalue weighted by atomic mass is 16.5. The lowest BCUT2D eigenvalue weighted by atomic mass is 9.97. The molecule has 0 saturated carbocycles. The summed E-state index contributed by atoms with van der Waals surface area (Å²) in [5.74, 6) is 0.0528. The Hall–Kier alpha value is -0.940. The molecule has 2 aliphatic heterocycles. The van der Waals surface area contributed by atoms with Crippen LogP contribution in [0, 0.1) is 0 Å². The molecule has 0 aromatic rings. The van der Waals surface area contributed by atoms with Crippen molar-refractivity contribution in [2.75, 3.05) is 13.7 Å². The number of carbonyl (C=O) groups is 2. The summed E-state index contributed by atoms with van der Waals surface area (Å²) in [6.45, 7) is 2.12. The predicted octanol–water partition coefficient (Wildman–Crippen LogP) is -0.0992. The van der Waals surface area contributed by atoms with E-state index in [2.05, 4.69) is 5.32 Å². The Morgan fingerprint density at radius 3 is 2.81 bits per heavy atom. The highest BCUT2D eigenvalue weighted by Gasteiger charge is 2.42. The van der Waals surface area contributed by atoms with E-state index in [1.807, 2.05) is 0 Å². The Morgan fingerprint density at radius 2 is 2.19 bits per heavy atom. The van der Waals surface area contributed by atoms with Gasteiger partial charge in [0.2, 0.25) is 5.91 Å². The first-order chi connectivity index (χ1) is 7.65. The zero-order valence-electron chi connectivity index (χ0n) is 9.73. The standard InChI is InChI=1S/C11H18N2O3/c1-7(14)9-5-6-16-10-4-3-8(12-2)11(15)13(9)10/h8-10,12H,3-6H2,1-2H3. The largest absolute Gasteiger partial charge is 0.358 e. The van der Waals surface area contributed by atoms with Gasteiger partial charge in [-0.3, -0.25) is 9.59 Å². The van der Waals surface area contributed by atoms with Gasteiger partial charge in [0.1, 0.15) is 6.23 Å². The first kappa shape index (κ1) is 11.5. The number of amides is 1. The van der Waals surface area contributed by atoms with Crippen LogP contribution in [0.25, 0.3) is 0 Å². The molecule has 0 radical (unpaired) electrons. The minimum absolute atomic E-state index is 0.00125. The Labute approximate surface area is 95.1 Å². The average Bonchev–Trinajstić information content (AvgIpc) is 2.29. The van der Waals surface area contributed by atoms with E-state index in [-0.39, 0.29) is 30.0 Å². The van der Waals surface area contributed by atoms with Crippen molar-refractivity contribution in [1.82, 2.24) is 10.2 Å². The maximum absolute atomic E-state index is 12.1. The fraction of sp³-hybridized carbons (Fsp3) is 0.818. The molecule has 0 aromatic heterocycles. The van der Waals surface area contributed by atoms with E-state index >= 15 is 0 Å². The number of rotatable bonds is 2. The summed E-state index contributed by atoms with van der Waals surface area (Å²) in [5.41, 5.74) is 0. The van der Waals surface area contributed by atoms with Crippen LogP contribution in [0.4, 0.5) is 0 Å². The maximum Gasteiger partial charge on any atom is 0.242 e. The third-order valence-electron chi connectivity index (χ3n) is 3.42.